The van der Waals surface area contributed by atoms with Crippen LogP contribution in [-0.2, 0) is 16.0 Å². The molecule has 0 aliphatic carbocycles. The lowest BCUT2D eigenvalue weighted by Gasteiger charge is -2.05. The van der Waals surface area contributed by atoms with Crippen LogP contribution in [0.2, 0.25) is 0 Å². The Morgan fingerprint density at radius 1 is 1.00 bits per heavy atom. The molecule has 0 unspecified atom stereocenters. The van der Waals surface area contributed by atoms with E-state index in [2.05, 4.69) is 22.8 Å². The number of carbonyl (C=O) groups is 2. The van der Waals surface area contributed by atoms with E-state index in [9.17, 15) is 9.59 Å². The van der Waals surface area contributed by atoms with Gasteiger partial charge in [-0.2, -0.15) is 5.10 Å². The van der Waals surface area contributed by atoms with E-state index in [0.717, 1.165) is 24.8 Å². The van der Waals surface area contributed by atoms with E-state index in [4.69, 9.17) is 0 Å². The predicted octanol–water partition coefficient (Wildman–Crippen LogP) is 3.12. The van der Waals surface area contributed by atoms with E-state index < -0.39 is 11.8 Å². The van der Waals surface area contributed by atoms with Gasteiger partial charge in [-0.25, -0.2) is 5.43 Å². The van der Waals surface area contributed by atoms with Crippen molar-refractivity contribution < 1.29 is 9.59 Å². The third-order valence-corrected chi connectivity index (χ3v) is 3.42. The molecule has 0 heterocycles. The number of nitrogens with one attached hydrogen (secondary N) is 2. The van der Waals surface area contributed by atoms with Crippen LogP contribution < -0.4 is 10.7 Å². The minimum absolute atomic E-state index is 0.586. The Hall–Kier alpha value is -2.95. The van der Waals surface area contributed by atoms with Gasteiger partial charge in [0.25, 0.3) is 0 Å². The van der Waals surface area contributed by atoms with Crippen LogP contribution in [0.15, 0.2) is 59.7 Å². The van der Waals surface area contributed by atoms with Crippen LogP contribution in [0.4, 0.5) is 5.69 Å². The Morgan fingerprint density at radius 2 is 1.71 bits per heavy atom. The molecule has 2 aromatic carbocycles. The lowest BCUT2D eigenvalue weighted by atomic mass is 10.1. The maximum atomic E-state index is 11.8. The van der Waals surface area contributed by atoms with Crippen molar-refractivity contribution in [3.05, 3.63) is 65.7 Å². The van der Waals surface area contributed by atoms with Crippen LogP contribution in [0.1, 0.15) is 30.9 Å². The van der Waals surface area contributed by atoms with Crippen molar-refractivity contribution in [1.82, 2.24) is 5.43 Å². The Labute approximate surface area is 141 Å². The van der Waals surface area contributed by atoms with Crippen molar-refractivity contribution in [2.24, 2.45) is 5.10 Å². The molecular formula is C19H21N3O2. The topological polar surface area (TPSA) is 70.6 Å². The van der Waals surface area contributed by atoms with Crippen molar-refractivity contribution in [2.45, 2.75) is 26.2 Å². The molecule has 5 heteroatoms. The average molecular weight is 323 g/mol. The van der Waals surface area contributed by atoms with Gasteiger partial charge >= 0.3 is 11.8 Å². The van der Waals surface area contributed by atoms with E-state index in [-0.39, 0.29) is 0 Å². The second-order valence-corrected chi connectivity index (χ2v) is 5.36. The zero-order valence-electron chi connectivity index (χ0n) is 13.7. The standard InChI is InChI=1S/C19H21N3O2/c1-2-3-7-15-10-12-17(13-11-15)21-18(23)19(24)22-20-14-16-8-5-4-6-9-16/h4-6,8-14H,2-3,7H2,1H3,(H,21,23)(H,22,24)/b20-14-. The number of hydrogen-bond donors (Lipinski definition) is 2. The highest BCUT2D eigenvalue weighted by Crippen LogP contribution is 2.11. The van der Waals surface area contributed by atoms with E-state index in [1.807, 2.05) is 42.5 Å². The van der Waals surface area contributed by atoms with Crippen molar-refractivity contribution in [1.29, 1.82) is 0 Å². The van der Waals surface area contributed by atoms with Gasteiger partial charge in [-0.3, -0.25) is 9.59 Å². The first kappa shape index (κ1) is 17.4. The van der Waals surface area contributed by atoms with Gasteiger partial charge in [0, 0.05) is 5.69 Å². The molecule has 0 aliphatic rings. The first-order valence-electron chi connectivity index (χ1n) is 7.97. The lowest BCUT2D eigenvalue weighted by molar-refractivity contribution is -0.136. The van der Waals surface area contributed by atoms with Crippen LogP contribution >= 0.6 is 0 Å². The van der Waals surface area contributed by atoms with Gasteiger partial charge in [-0.05, 0) is 36.1 Å². The third kappa shape index (κ3) is 5.68. The summed E-state index contributed by atoms with van der Waals surface area (Å²) in [5, 5.41) is 6.32. The smallest absolute Gasteiger partial charge is 0.318 e. The highest BCUT2D eigenvalue weighted by Gasteiger charge is 2.12. The second-order valence-electron chi connectivity index (χ2n) is 5.36. The summed E-state index contributed by atoms with van der Waals surface area (Å²) in [4.78, 5) is 23.5. The number of nitrogens with zero attached hydrogens (tertiary/aromatic N) is 1. The Balaban J connectivity index is 1.83. The summed E-state index contributed by atoms with van der Waals surface area (Å²) in [6.45, 7) is 2.15. The predicted molar refractivity (Wildman–Crippen MR) is 95.9 cm³/mol. The number of hydrogen-bond acceptors (Lipinski definition) is 3. The van der Waals surface area contributed by atoms with Gasteiger partial charge < -0.3 is 5.32 Å². The number of carbonyl (C=O) groups excluding carboxylic acids is 2. The average Bonchev–Trinajstić information content (AvgIpc) is 2.62. The quantitative estimate of drug-likeness (QED) is 0.487. The second kappa shape index (κ2) is 9.25. The zero-order valence-corrected chi connectivity index (χ0v) is 13.7. The molecule has 2 amide bonds. The highest BCUT2D eigenvalue weighted by molar-refractivity contribution is 6.39. The van der Waals surface area contributed by atoms with E-state index in [0.29, 0.717) is 5.69 Å². The van der Waals surface area contributed by atoms with Crippen molar-refractivity contribution in [2.75, 3.05) is 5.32 Å². The number of anilines is 1. The maximum Gasteiger partial charge on any atom is 0.329 e. The SMILES string of the molecule is CCCCc1ccc(NC(=O)C(=O)N/N=C\c2ccccc2)cc1. The van der Waals surface area contributed by atoms with Crippen LogP contribution in [0.25, 0.3) is 0 Å². The molecule has 0 fully saturated rings. The number of amides is 2. The number of aryl methyl sites for hydroxylation is 1. The Bertz CT molecular complexity index is 694. The van der Waals surface area contributed by atoms with Gasteiger partial charge in [0.2, 0.25) is 0 Å². The maximum absolute atomic E-state index is 11.8. The fraction of sp³-hybridized carbons (Fsp3) is 0.211. The summed E-state index contributed by atoms with van der Waals surface area (Å²) in [6, 6.07) is 16.8. The summed E-state index contributed by atoms with van der Waals surface area (Å²) in [6.07, 6.45) is 4.77. The van der Waals surface area contributed by atoms with Gasteiger partial charge in [0.05, 0.1) is 6.21 Å². The number of benzene rings is 2. The van der Waals surface area contributed by atoms with Crippen LogP contribution in [0.5, 0.6) is 0 Å². The molecule has 0 saturated carbocycles. The number of hydrazone groups is 1. The molecule has 124 valence electrons. The first-order chi connectivity index (χ1) is 11.7. The fourth-order valence-electron chi connectivity index (χ4n) is 2.08. The van der Waals surface area contributed by atoms with Crippen molar-refractivity contribution in [3.63, 3.8) is 0 Å². The van der Waals surface area contributed by atoms with Crippen molar-refractivity contribution in [3.8, 4) is 0 Å². The minimum atomic E-state index is -0.808. The lowest BCUT2D eigenvalue weighted by Crippen LogP contribution is -2.32. The van der Waals surface area contributed by atoms with E-state index >= 15 is 0 Å². The van der Waals surface area contributed by atoms with Crippen LogP contribution in [0, 0.1) is 0 Å². The Kier molecular flexibility index (Phi) is 6.71. The third-order valence-electron chi connectivity index (χ3n) is 3.42. The summed E-state index contributed by atoms with van der Waals surface area (Å²) < 4.78 is 0. The summed E-state index contributed by atoms with van der Waals surface area (Å²) in [5.74, 6) is -1.56. The summed E-state index contributed by atoms with van der Waals surface area (Å²) in [5.41, 5.74) is 4.84. The molecule has 0 radical (unpaired) electrons. The zero-order chi connectivity index (χ0) is 17.2. The molecule has 0 saturated heterocycles. The number of rotatable bonds is 6. The monoisotopic (exact) mass is 323 g/mol. The Morgan fingerprint density at radius 3 is 2.38 bits per heavy atom. The normalized spacial score (nSPS) is 10.5. The van der Waals surface area contributed by atoms with E-state index in [1.165, 1.54) is 11.8 Å². The fourth-order valence-corrected chi connectivity index (χ4v) is 2.08. The minimum Gasteiger partial charge on any atom is -0.318 e. The highest BCUT2D eigenvalue weighted by atomic mass is 16.2. The molecule has 0 spiro atoms. The molecule has 0 atom stereocenters. The molecule has 0 aromatic heterocycles. The largest absolute Gasteiger partial charge is 0.329 e. The van der Waals surface area contributed by atoms with E-state index in [1.54, 1.807) is 12.1 Å². The van der Waals surface area contributed by atoms with Gasteiger partial charge in [0.1, 0.15) is 0 Å². The summed E-state index contributed by atoms with van der Waals surface area (Å²) in [7, 11) is 0. The molecule has 0 aliphatic heterocycles. The van der Waals surface area contributed by atoms with Gasteiger partial charge in [0.15, 0.2) is 0 Å². The first-order valence-corrected chi connectivity index (χ1v) is 7.97. The molecular weight excluding hydrogens is 302 g/mol. The van der Waals surface area contributed by atoms with Crippen LogP contribution in [0.3, 0.4) is 0 Å². The molecule has 2 aromatic rings. The van der Waals surface area contributed by atoms with Crippen molar-refractivity contribution >= 4 is 23.7 Å². The molecule has 0 bridgehead atoms. The van der Waals surface area contributed by atoms with Crippen LogP contribution in [-0.4, -0.2) is 18.0 Å². The molecule has 2 N–H and O–H groups in total. The van der Waals surface area contributed by atoms with Gasteiger partial charge in [-0.1, -0.05) is 55.8 Å². The molecule has 5 nitrogen and oxygen atoms in total. The van der Waals surface area contributed by atoms with Gasteiger partial charge in [-0.15, -0.1) is 0 Å². The molecule has 24 heavy (non-hydrogen) atoms. The number of unbranched alkanes of at least 4 members (excludes halogenated alkanes) is 1. The summed E-state index contributed by atoms with van der Waals surface area (Å²) >= 11 is 0. The molecule has 2 rings (SSSR count).